The molecule has 6 heteroatoms. The normalized spacial score (nSPS) is 10.0. The molecule has 0 fully saturated rings. The maximum absolute atomic E-state index is 12.4. The van der Waals surface area contributed by atoms with E-state index in [-0.39, 0.29) is 12.5 Å². The largest absolute Gasteiger partial charge is 0.465 e. The summed E-state index contributed by atoms with van der Waals surface area (Å²) in [7, 11) is 3.71. The first kappa shape index (κ1) is 15.9. The maximum Gasteiger partial charge on any atom is 0.325 e. The van der Waals surface area contributed by atoms with Crippen LogP contribution in [-0.2, 0) is 9.53 Å². The number of pyridine rings is 1. The second kappa shape index (κ2) is 7.47. The lowest BCUT2D eigenvalue weighted by Crippen LogP contribution is -2.36. The minimum atomic E-state index is -0.399. The van der Waals surface area contributed by atoms with Gasteiger partial charge in [0.15, 0.2) is 0 Å². The smallest absolute Gasteiger partial charge is 0.325 e. The van der Waals surface area contributed by atoms with Crippen LogP contribution in [0.1, 0.15) is 24.2 Å². The first-order valence-electron chi connectivity index (χ1n) is 6.57. The van der Waals surface area contributed by atoms with Crippen LogP contribution in [0.4, 0.5) is 5.82 Å². The number of likely N-dealkylation sites (N-methyl/N-ethyl adjacent to an activating group) is 1. The van der Waals surface area contributed by atoms with E-state index in [0.717, 1.165) is 0 Å². The van der Waals surface area contributed by atoms with E-state index in [1.165, 1.54) is 4.90 Å². The molecule has 1 aromatic heterocycles. The van der Waals surface area contributed by atoms with Gasteiger partial charge < -0.3 is 14.5 Å². The van der Waals surface area contributed by atoms with E-state index in [9.17, 15) is 9.59 Å². The third-order valence-electron chi connectivity index (χ3n) is 2.74. The number of ether oxygens (including phenoxy) is 1. The highest BCUT2D eigenvalue weighted by molar-refractivity contribution is 5.96. The van der Waals surface area contributed by atoms with Crippen molar-refractivity contribution in [1.29, 1.82) is 0 Å². The third kappa shape index (κ3) is 4.22. The fraction of sp³-hybridized carbons (Fsp3) is 0.500. The summed E-state index contributed by atoms with van der Waals surface area (Å²) in [5.74, 6) is 0.0960. The van der Waals surface area contributed by atoms with Gasteiger partial charge in [-0.1, -0.05) is 0 Å². The molecule has 0 aliphatic carbocycles. The molecule has 1 heterocycles. The molecule has 1 amide bonds. The second-order valence-corrected chi connectivity index (χ2v) is 4.42. The van der Waals surface area contributed by atoms with Crippen molar-refractivity contribution >= 4 is 17.7 Å². The van der Waals surface area contributed by atoms with E-state index in [2.05, 4.69) is 4.98 Å². The Morgan fingerprint density at radius 1 is 1.30 bits per heavy atom. The molecule has 0 N–H and O–H groups in total. The van der Waals surface area contributed by atoms with Gasteiger partial charge in [0.25, 0.3) is 5.91 Å². The lowest BCUT2D eigenvalue weighted by Gasteiger charge is -2.20. The maximum atomic E-state index is 12.4. The van der Waals surface area contributed by atoms with Crippen molar-refractivity contribution in [1.82, 2.24) is 9.88 Å². The Bertz CT molecular complexity index is 474. The molecule has 0 unspecified atom stereocenters. The van der Waals surface area contributed by atoms with E-state index in [1.807, 2.05) is 25.9 Å². The number of carbonyl (C=O) groups excluding carboxylic acids is 2. The molecule has 110 valence electrons. The van der Waals surface area contributed by atoms with Gasteiger partial charge in [-0.05, 0) is 26.0 Å². The Morgan fingerprint density at radius 3 is 2.55 bits per heavy atom. The molecular formula is C14H21N3O3. The van der Waals surface area contributed by atoms with E-state index in [1.54, 1.807) is 25.3 Å². The van der Waals surface area contributed by atoms with Gasteiger partial charge in [-0.25, -0.2) is 4.98 Å². The number of aromatic nitrogens is 1. The minimum absolute atomic E-state index is 0.0389. The standard InChI is InChI=1S/C14H21N3O3/c1-5-17(10-13(18)20-6-2)14(19)11-7-8-15-12(9-11)16(3)4/h7-9H,5-6,10H2,1-4H3. The lowest BCUT2D eigenvalue weighted by atomic mass is 10.2. The highest BCUT2D eigenvalue weighted by Gasteiger charge is 2.18. The van der Waals surface area contributed by atoms with Crippen LogP contribution in [0.25, 0.3) is 0 Å². The molecule has 0 atom stereocenters. The van der Waals surface area contributed by atoms with Crippen molar-refractivity contribution in [3.63, 3.8) is 0 Å². The summed E-state index contributed by atoms with van der Waals surface area (Å²) in [6.07, 6.45) is 1.58. The number of carbonyl (C=O) groups is 2. The number of hydrogen-bond acceptors (Lipinski definition) is 5. The first-order valence-corrected chi connectivity index (χ1v) is 6.57. The van der Waals surface area contributed by atoms with Crippen molar-refractivity contribution in [2.45, 2.75) is 13.8 Å². The zero-order chi connectivity index (χ0) is 15.1. The Labute approximate surface area is 119 Å². The molecule has 0 radical (unpaired) electrons. The Hall–Kier alpha value is -2.11. The van der Waals surface area contributed by atoms with E-state index in [0.29, 0.717) is 24.5 Å². The molecule has 0 aromatic carbocycles. The average Bonchev–Trinajstić information content (AvgIpc) is 2.44. The molecule has 0 aliphatic heterocycles. The molecule has 6 nitrogen and oxygen atoms in total. The Balaban J connectivity index is 2.85. The second-order valence-electron chi connectivity index (χ2n) is 4.42. The van der Waals surface area contributed by atoms with Crippen molar-refractivity contribution in [3.8, 4) is 0 Å². The number of nitrogens with zero attached hydrogens (tertiary/aromatic N) is 3. The van der Waals surface area contributed by atoms with Crippen LogP contribution in [0.2, 0.25) is 0 Å². The van der Waals surface area contributed by atoms with Crippen molar-refractivity contribution in [2.75, 3.05) is 38.7 Å². The zero-order valence-corrected chi connectivity index (χ0v) is 12.4. The number of esters is 1. The Kier molecular flexibility index (Phi) is 5.96. The quantitative estimate of drug-likeness (QED) is 0.732. The monoisotopic (exact) mass is 279 g/mol. The van der Waals surface area contributed by atoms with Gasteiger partial charge in [0.2, 0.25) is 0 Å². The molecule has 0 spiro atoms. The summed E-state index contributed by atoms with van der Waals surface area (Å²) in [6.45, 7) is 4.28. The number of rotatable bonds is 6. The molecule has 1 rings (SSSR count). The lowest BCUT2D eigenvalue weighted by molar-refractivity contribution is -0.143. The highest BCUT2D eigenvalue weighted by Crippen LogP contribution is 2.12. The van der Waals surface area contributed by atoms with Gasteiger partial charge in [0, 0.05) is 32.4 Å². The van der Waals surface area contributed by atoms with Crippen molar-refractivity contribution in [2.24, 2.45) is 0 Å². The van der Waals surface area contributed by atoms with Crippen molar-refractivity contribution < 1.29 is 14.3 Å². The topological polar surface area (TPSA) is 62.7 Å². The predicted molar refractivity (Wildman–Crippen MR) is 76.8 cm³/mol. The minimum Gasteiger partial charge on any atom is -0.465 e. The van der Waals surface area contributed by atoms with Crippen LogP contribution in [0.5, 0.6) is 0 Å². The van der Waals surface area contributed by atoms with E-state index >= 15 is 0 Å². The van der Waals surface area contributed by atoms with Crippen LogP contribution < -0.4 is 4.90 Å². The predicted octanol–water partition coefficient (Wildman–Crippen LogP) is 1.17. The first-order chi connectivity index (χ1) is 9.49. The van der Waals surface area contributed by atoms with E-state index < -0.39 is 5.97 Å². The molecule has 20 heavy (non-hydrogen) atoms. The summed E-state index contributed by atoms with van der Waals surface area (Å²) >= 11 is 0. The van der Waals surface area contributed by atoms with Crippen LogP contribution in [0.15, 0.2) is 18.3 Å². The van der Waals surface area contributed by atoms with Gasteiger partial charge in [0.05, 0.1) is 6.61 Å². The van der Waals surface area contributed by atoms with Gasteiger partial charge in [0.1, 0.15) is 12.4 Å². The number of anilines is 1. The fourth-order valence-corrected chi connectivity index (χ4v) is 1.67. The number of amides is 1. The van der Waals surface area contributed by atoms with Gasteiger partial charge in [-0.2, -0.15) is 0 Å². The van der Waals surface area contributed by atoms with Crippen molar-refractivity contribution in [3.05, 3.63) is 23.9 Å². The van der Waals surface area contributed by atoms with Gasteiger partial charge in [-0.3, -0.25) is 9.59 Å². The molecule has 0 bridgehead atoms. The molecule has 1 aromatic rings. The van der Waals surface area contributed by atoms with E-state index in [4.69, 9.17) is 4.74 Å². The summed E-state index contributed by atoms with van der Waals surface area (Å²) in [6, 6.07) is 3.35. The fourth-order valence-electron chi connectivity index (χ4n) is 1.67. The summed E-state index contributed by atoms with van der Waals surface area (Å²) in [4.78, 5) is 31.3. The van der Waals surface area contributed by atoms with Crippen LogP contribution in [0.3, 0.4) is 0 Å². The summed E-state index contributed by atoms with van der Waals surface area (Å²) < 4.78 is 4.87. The van der Waals surface area contributed by atoms with Gasteiger partial charge >= 0.3 is 5.97 Å². The summed E-state index contributed by atoms with van der Waals surface area (Å²) in [5, 5.41) is 0. The third-order valence-corrected chi connectivity index (χ3v) is 2.74. The van der Waals surface area contributed by atoms with Crippen LogP contribution in [0, 0.1) is 0 Å². The SMILES string of the molecule is CCOC(=O)CN(CC)C(=O)c1ccnc(N(C)C)c1. The van der Waals surface area contributed by atoms with Crippen LogP contribution >= 0.6 is 0 Å². The van der Waals surface area contributed by atoms with Gasteiger partial charge in [-0.15, -0.1) is 0 Å². The summed E-state index contributed by atoms with van der Waals surface area (Å²) in [5.41, 5.74) is 0.509. The molecule has 0 saturated heterocycles. The highest BCUT2D eigenvalue weighted by atomic mass is 16.5. The average molecular weight is 279 g/mol. The Morgan fingerprint density at radius 2 is 2.00 bits per heavy atom. The molecule has 0 aliphatic rings. The molecule has 0 saturated carbocycles. The van der Waals surface area contributed by atoms with Crippen LogP contribution in [-0.4, -0.2) is 55.6 Å². The zero-order valence-electron chi connectivity index (χ0n) is 12.4. The number of hydrogen-bond donors (Lipinski definition) is 0. The molecular weight excluding hydrogens is 258 g/mol.